The van der Waals surface area contributed by atoms with E-state index in [2.05, 4.69) is 5.10 Å². The summed E-state index contributed by atoms with van der Waals surface area (Å²) in [6.07, 6.45) is -1.94. The third-order valence-electron chi connectivity index (χ3n) is 3.11. The van der Waals surface area contributed by atoms with Crippen molar-refractivity contribution in [2.24, 2.45) is 5.73 Å². The quantitative estimate of drug-likeness (QED) is 0.937. The van der Waals surface area contributed by atoms with E-state index in [1.807, 2.05) is 6.92 Å². The largest absolute Gasteiger partial charge is 0.416 e. The SMILES string of the molecule is CCn1ncc(CCN)c1-c1ccc(C(F)(F)F)cc1. The number of aromatic nitrogens is 2. The van der Waals surface area contributed by atoms with Gasteiger partial charge in [0.25, 0.3) is 0 Å². The van der Waals surface area contributed by atoms with Crippen LogP contribution in [0.5, 0.6) is 0 Å². The summed E-state index contributed by atoms with van der Waals surface area (Å²) in [5.74, 6) is 0. The number of benzene rings is 1. The van der Waals surface area contributed by atoms with Crippen molar-refractivity contribution in [3.8, 4) is 11.3 Å². The van der Waals surface area contributed by atoms with Crippen molar-refractivity contribution in [1.29, 1.82) is 0 Å². The van der Waals surface area contributed by atoms with E-state index in [1.165, 1.54) is 12.1 Å². The topological polar surface area (TPSA) is 43.8 Å². The monoisotopic (exact) mass is 283 g/mol. The molecule has 1 heterocycles. The first-order valence-corrected chi connectivity index (χ1v) is 6.39. The van der Waals surface area contributed by atoms with Crippen LogP contribution in [0.4, 0.5) is 13.2 Å². The maximum atomic E-state index is 12.6. The molecule has 3 nitrogen and oxygen atoms in total. The van der Waals surface area contributed by atoms with Gasteiger partial charge in [0.2, 0.25) is 0 Å². The summed E-state index contributed by atoms with van der Waals surface area (Å²) in [6, 6.07) is 5.14. The van der Waals surface area contributed by atoms with Crippen LogP contribution in [0.3, 0.4) is 0 Å². The Morgan fingerprint density at radius 1 is 1.20 bits per heavy atom. The Hall–Kier alpha value is -1.82. The zero-order chi connectivity index (χ0) is 14.8. The Kier molecular flexibility index (Phi) is 4.13. The van der Waals surface area contributed by atoms with Gasteiger partial charge in [-0.25, -0.2) is 0 Å². The maximum absolute atomic E-state index is 12.6. The molecule has 2 aromatic rings. The van der Waals surface area contributed by atoms with Crippen LogP contribution in [-0.4, -0.2) is 16.3 Å². The van der Waals surface area contributed by atoms with Gasteiger partial charge in [-0.1, -0.05) is 12.1 Å². The van der Waals surface area contributed by atoms with Crippen molar-refractivity contribution < 1.29 is 13.2 Å². The van der Waals surface area contributed by atoms with Crippen molar-refractivity contribution in [3.63, 3.8) is 0 Å². The number of alkyl halides is 3. The van der Waals surface area contributed by atoms with Crippen LogP contribution in [0.15, 0.2) is 30.5 Å². The lowest BCUT2D eigenvalue weighted by Crippen LogP contribution is -2.06. The summed E-state index contributed by atoms with van der Waals surface area (Å²) in [7, 11) is 0. The second kappa shape index (κ2) is 5.66. The van der Waals surface area contributed by atoms with Crippen LogP contribution in [0.2, 0.25) is 0 Å². The summed E-state index contributed by atoms with van der Waals surface area (Å²) >= 11 is 0. The second-order valence-electron chi connectivity index (χ2n) is 4.45. The molecule has 0 aliphatic rings. The van der Waals surface area contributed by atoms with Gasteiger partial charge in [0.05, 0.1) is 17.5 Å². The first-order chi connectivity index (χ1) is 9.47. The normalized spacial score (nSPS) is 11.8. The maximum Gasteiger partial charge on any atom is 0.416 e. The Bertz CT molecular complexity index is 570. The molecule has 2 N–H and O–H groups in total. The lowest BCUT2D eigenvalue weighted by Gasteiger charge is -2.10. The van der Waals surface area contributed by atoms with E-state index in [0.717, 1.165) is 29.0 Å². The minimum atomic E-state index is -4.32. The Morgan fingerprint density at radius 3 is 2.35 bits per heavy atom. The Morgan fingerprint density at radius 2 is 1.85 bits per heavy atom. The molecule has 20 heavy (non-hydrogen) atoms. The highest BCUT2D eigenvalue weighted by molar-refractivity contribution is 5.64. The summed E-state index contributed by atoms with van der Waals surface area (Å²) < 4.78 is 39.5. The third-order valence-corrected chi connectivity index (χ3v) is 3.11. The lowest BCUT2D eigenvalue weighted by atomic mass is 10.0. The second-order valence-corrected chi connectivity index (χ2v) is 4.45. The van der Waals surface area contributed by atoms with Gasteiger partial charge >= 0.3 is 6.18 Å². The number of hydrogen-bond acceptors (Lipinski definition) is 2. The number of rotatable bonds is 4. The molecule has 0 bridgehead atoms. The Labute approximate surface area is 115 Å². The third kappa shape index (κ3) is 2.85. The molecule has 0 radical (unpaired) electrons. The average Bonchev–Trinajstić information content (AvgIpc) is 2.81. The predicted octanol–water partition coefficient (Wildman–Crippen LogP) is 3.09. The van der Waals surface area contributed by atoms with Gasteiger partial charge in [0, 0.05) is 12.1 Å². The minimum Gasteiger partial charge on any atom is -0.330 e. The summed E-state index contributed by atoms with van der Waals surface area (Å²) in [6.45, 7) is 3.07. The lowest BCUT2D eigenvalue weighted by molar-refractivity contribution is -0.137. The van der Waals surface area contributed by atoms with Gasteiger partial charge in [0.15, 0.2) is 0 Å². The molecular formula is C14H16F3N3. The zero-order valence-corrected chi connectivity index (χ0v) is 11.1. The summed E-state index contributed by atoms with van der Waals surface area (Å²) in [4.78, 5) is 0. The summed E-state index contributed by atoms with van der Waals surface area (Å²) in [5.41, 5.74) is 7.42. The van der Waals surface area contributed by atoms with E-state index in [4.69, 9.17) is 5.73 Å². The molecule has 1 aromatic heterocycles. The van der Waals surface area contributed by atoms with Crippen molar-refractivity contribution in [2.75, 3.05) is 6.54 Å². The number of nitrogens with two attached hydrogens (primary N) is 1. The smallest absolute Gasteiger partial charge is 0.330 e. The van der Waals surface area contributed by atoms with E-state index < -0.39 is 11.7 Å². The van der Waals surface area contributed by atoms with E-state index in [0.29, 0.717) is 19.5 Å². The Balaban J connectivity index is 2.43. The van der Waals surface area contributed by atoms with Gasteiger partial charge in [-0.2, -0.15) is 18.3 Å². The zero-order valence-electron chi connectivity index (χ0n) is 11.1. The van der Waals surface area contributed by atoms with Crippen molar-refractivity contribution in [1.82, 2.24) is 9.78 Å². The average molecular weight is 283 g/mol. The van der Waals surface area contributed by atoms with Gasteiger partial charge in [-0.05, 0) is 37.6 Å². The van der Waals surface area contributed by atoms with Gasteiger partial charge in [-0.3, -0.25) is 4.68 Å². The molecule has 0 saturated heterocycles. The van der Waals surface area contributed by atoms with Gasteiger partial charge < -0.3 is 5.73 Å². The van der Waals surface area contributed by atoms with Gasteiger partial charge in [-0.15, -0.1) is 0 Å². The van der Waals surface area contributed by atoms with Crippen LogP contribution in [-0.2, 0) is 19.1 Å². The highest BCUT2D eigenvalue weighted by atomic mass is 19.4. The van der Waals surface area contributed by atoms with Crippen molar-refractivity contribution in [3.05, 3.63) is 41.6 Å². The van der Waals surface area contributed by atoms with Crippen molar-refractivity contribution in [2.45, 2.75) is 26.1 Å². The fourth-order valence-electron chi connectivity index (χ4n) is 2.15. The molecule has 6 heteroatoms. The first kappa shape index (κ1) is 14.6. The van der Waals surface area contributed by atoms with Crippen LogP contribution in [0.25, 0.3) is 11.3 Å². The highest BCUT2D eigenvalue weighted by Gasteiger charge is 2.30. The predicted molar refractivity (Wildman–Crippen MR) is 71.1 cm³/mol. The van der Waals surface area contributed by atoms with E-state index in [-0.39, 0.29) is 0 Å². The van der Waals surface area contributed by atoms with E-state index in [1.54, 1.807) is 10.9 Å². The standard InChI is InChI=1S/C14H16F3N3/c1-2-20-13(11(7-8-18)9-19-20)10-3-5-12(6-4-10)14(15,16)17/h3-6,9H,2,7-8,18H2,1H3. The molecule has 2 rings (SSSR count). The number of nitrogens with zero attached hydrogens (tertiary/aromatic N) is 2. The molecule has 0 fully saturated rings. The molecule has 0 atom stereocenters. The number of halogens is 3. The highest BCUT2D eigenvalue weighted by Crippen LogP contribution is 2.31. The summed E-state index contributed by atoms with van der Waals surface area (Å²) in [5, 5.41) is 4.24. The first-order valence-electron chi connectivity index (χ1n) is 6.39. The molecule has 0 amide bonds. The van der Waals surface area contributed by atoms with Crippen LogP contribution < -0.4 is 5.73 Å². The molecule has 1 aromatic carbocycles. The van der Waals surface area contributed by atoms with Crippen LogP contribution in [0, 0.1) is 0 Å². The molecule has 0 aliphatic heterocycles. The van der Waals surface area contributed by atoms with E-state index in [9.17, 15) is 13.2 Å². The number of aryl methyl sites for hydroxylation is 1. The van der Waals surface area contributed by atoms with Gasteiger partial charge in [0.1, 0.15) is 0 Å². The minimum absolute atomic E-state index is 0.475. The molecule has 0 saturated carbocycles. The fraction of sp³-hybridized carbons (Fsp3) is 0.357. The molecule has 0 unspecified atom stereocenters. The van der Waals surface area contributed by atoms with E-state index >= 15 is 0 Å². The fourth-order valence-corrected chi connectivity index (χ4v) is 2.15. The molecule has 0 aliphatic carbocycles. The van der Waals surface area contributed by atoms with Crippen molar-refractivity contribution >= 4 is 0 Å². The molecular weight excluding hydrogens is 267 g/mol. The van der Waals surface area contributed by atoms with Crippen LogP contribution >= 0.6 is 0 Å². The van der Waals surface area contributed by atoms with Crippen LogP contribution in [0.1, 0.15) is 18.1 Å². The molecule has 0 spiro atoms. The number of hydrogen-bond donors (Lipinski definition) is 1. The molecule has 108 valence electrons.